The number of carbonyl (C=O) groups excluding carboxylic acids is 1. The van der Waals surface area contributed by atoms with Crippen LogP contribution in [0.15, 0.2) is 0 Å². The summed E-state index contributed by atoms with van der Waals surface area (Å²) in [4.78, 5) is 11.3. The van der Waals surface area contributed by atoms with Crippen LogP contribution in [0.5, 0.6) is 0 Å². The van der Waals surface area contributed by atoms with E-state index < -0.39 is 0 Å². The first-order chi connectivity index (χ1) is 6.22. The summed E-state index contributed by atoms with van der Waals surface area (Å²) in [5, 5.41) is 2.93. The fourth-order valence-corrected chi connectivity index (χ4v) is 1.51. The third kappa shape index (κ3) is 2.67. The zero-order valence-electron chi connectivity index (χ0n) is 8.14. The van der Waals surface area contributed by atoms with Crippen LogP contribution in [0.25, 0.3) is 0 Å². The van der Waals surface area contributed by atoms with E-state index in [4.69, 9.17) is 10.5 Å². The molecular weight excluding hydrogens is 168 g/mol. The molecule has 76 valence electrons. The quantitative estimate of drug-likeness (QED) is 0.636. The molecule has 4 heteroatoms. The molecule has 3 N–H and O–H groups in total. The molecule has 0 aromatic carbocycles. The smallest absolute Gasteiger partial charge is 0.246 e. The topological polar surface area (TPSA) is 64.3 Å². The Labute approximate surface area is 78.8 Å². The van der Waals surface area contributed by atoms with Gasteiger partial charge in [-0.1, -0.05) is 0 Å². The van der Waals surface area contributed by atoms with E-state index >= 15 is 0 Å². The highest BCUT2D eigenvalue weighted by Crippen LogP contribution is 2.30. The fourth-order valence-electron chi connectivity index (χ4n) is 1.51. The second kappa shape index (κ2) is 4.58. The molecule has 0 bridgehead atoms. The molecule has 1 fully saturated rings. The van der Waals surface area contributed by atoms with Gasteiger partial charge in [-0.2, -0.15) is 0 Å². The second-order valence-electron chi connectivity index (χ2n) is 3.52. The van der Waals surface area contributed by atoms with Crippen molar-refractivity contribution in [2.45, 2.75) is 31.7 Å². The van der Waals surface area contributed by atoms with Crippen LogP contribution in [0, 0.1) is 0 Å². The van der Waals surface area contributed by atoms with Gasteiger partial charge in [0.2, 0.25) is 5.91 Å². The number of amides is 1. The molecule has 0 unspecified atom stereocenters. The zero-order chi connectivity index (χ0) is 9.73. The summed E-state index contributed by atoms with van der Waals surface area (Å²) in [6, 6.07) is 0. The minimum absolute atomic E-state index is 0.0491. The molecule has 0 radical (unpaired) electrons. The highest BCUT2D eigenvalue weighted by Gasteiger charge is 2.36. The largest absolute Gasteiger partial charge is 0.372 e. The van der Waals surface area contributed by atoms with Crippen LogP contribution >= 0.6 is 0 Å². The van der Waals surface area contributed by atoms with Crippen molar-refractivity contribution in [3.63, 3.8) is 0 Å². The Hall–Kier alpha value is -0.610. The lowest BCUT2D eigenvalue weighted by Crippen LogP contribution is -2.58. The van der Waals surface area contributed by atoms with Crippen molar-refractivity contribution in [2.75, 3.05) is 19.8 Å². The number of rotatable bonds is 5. The molecule has 13 heavy (non-hydrogen) atoms. The summed E-state index contributed by atoms with van der Waals surface area (Å²) in [5.74, 6) is -0.0491. The van der Waals surface area contributed by atoms with E-state index in [1.54, 1.807) is 0 Å². The van der Waals surface area contributed by atoms with Crippen LogP contribution in [0.1, 0.15) is 26.2 Å². The molecule has 4 nitrogen and oxygen atoms in total. The van der Waals surface area contributed by atoms with Gasteiger partial charge in [0.05, 0.1) is 5.54 Å². The lowest BCUT2D eigenvalue weighted by atomic mass is 9.77. The molecule has 1 amide bonds. The van der Waals surface area contributed by atoms with Crippen molar-refractivity contribution < 1.29 is 9.53 Å². The first-order valence-corrected chi connectivity index (χ1v) is 4.81. The lowest BCUT2D eigenvalue weighted by Gasteiger charge is -2.41. The number of ether oxygens (including phenoxy) is 1. The molecular formula is C9H18N2O2. The molecule has 1 aliphatic rings. The molecule has 0 aliphatic heterocycles. The van der Waals surface area contributed by atoms with Crippen molar-refractivity contribution in [3.05, 3.63) is 0 Å². The van der Waals surface area contributed by atoms with Gasteiger partial charge in [-0.15, -0.1) is 0 Å². The van der Waals surface area contributed by atoms with E-state index in [2.05, 4.69) is 5.32 Å². The van der Waals surface area contributed by atoms with Gasteiger partial charge in [-0.25, -0.2) is 0 Å². The van der Waals surface area contributed by atoms with Crippen molar-refractivity contribution in [3.8, 4) is 0 Å². The van der Waals surface area contributed by atoms with Crippen LogP contribution in [0.4, 0.5) is 0 Å². The maximum Gasteiger partial charge on any atom is 0.246 e. The van der Waals surface area contributed by atoms with E-state index in [9.17, 15) is 4.79 Å². The van der Waals surface area contributed by atoms with Gasteiger partial charge in [-0.05, 0) is 26.2 Å². The number of carbonyl (C=O) groups is 1. The first kappa shape index (κ1) is 10.5. The molecule has 1 saturated carbocycles. The van der Waals surface area contributed by atoms with E-state index in [0.29, 0.717) is 13.2 Å². The third-order valence-electron chi connectivity index (χ3n) is 2.54. The minimum atomic E-state index is -0.117. The zero-order valence-corrected chi connectivity index (χ0v) is 8.14. The van der Waals surface area contributed by atoms with Crippen molar-refractivity contribution in [1.82, 2.24) is 5.32 Å². The number of nitrogens with one attached hydrogen (secondary N) is 1. The highest BCUT2D eigenvalue weighted by atomic mass is 16.5. The molecule has 1 rings (SSSR count). The van der Waals surface area contributed by atoms with Gasteiger partial charge in [0.15, 0.2) is 0 Å². The van der Waals surface area contributed by atoms with Crippen LogP contribution in [0.2, 0.25) is 0 Å². The van der Waals surface area contributed by atoms with Crippen LogP contribution in [-0.4, -0.2) is 31.2 Å². The van der Waals surface area contributed by atoms with Gasteiger partial charge < -0.3 is 15.8 Å². The summed E-state index contributed by atoms with van der Waals surface area (Å²) in [7, 11) is 0. The SMILES string of the molecule is CCOCC(=O)NC1(CN)CCC1. The van der Waals surface area contributed by atoms with Crippen LogP contribution in [0.3, 0.4) is 0 Å². The normalized spacial score (nSPS) is 19.2. The van der Waals surface area contributed by atoms with Gasteiger partial charge >= 0.3 is 0 Å². The van der Waals surface area contributed by atoms with Crippen molar-refractivity contribution in [1.29, 1.82) is 0 Å². The van der Waals surface area contributed by atoms with Gasteiger partial charge in [-0.3, -0.25) is 4.79 Å². The summed E-state index contributed by atoms with van der Waals surface area (Å²) in [6.07, 6.45) is 3.16. The average Bonchev–Trinajstić information content (AvgIpc) is 2.08. The van der Waals surface area contributed by atoms with Crippen molar-refractivity contribution >= 4 is 5.91 Å². The molecule has 0 aromatic rings. The highest BCUT2D eigenvalue weighted by molar-refractivity contribution is 5.78. The van der Waals surface area contributed by atoms with Crippen LogP contribution in [-0.2, 0) is 9.53 Å². The molecule has 0 saturated heterocycles. The lowest BCUT2D eigenvalue weighted by molar-refractivity contribution is -0.128. The average molecular weight is 186 g/mol. The van der Waals surface area contributed by atoms with Crippen LogP contribution < -0.4 is 11.1 Å². The Morgan fingerprint density at radius 3 is 2.69 bits per heavy atom. The standard InChI is InChI=1S/C9H18N2O2/c1-2-13-6-8(12)11-9(7-10)4-3-5-9/h2-7,10H2,1H3,(H,11,12). The predicted octanol–water partition coefficient (Wildman–Crippen LogP) is 0.0205. The maximum atomic E-state index is 11.3. The molecule has 0 aromatic heterocycles. The van der Waals surface area contributed by atoms with Gasteiger partial charge in [0, 0.05) is 13.2 Å². The Balaban J connectivity index is 2.25. The summed E-state index contributed by atoms with van der Waals surface area (Å²) in [5.41, 5.74) is 5.47. The summed E-state index contributed by atoms with van der Waals surface area (Å²) >= 11 is 0. The van der Waals surface area contributed by atoms with E-state index in [0.717, 1.165) is 19.3 Å². The second-order valence-corrected chi connectivity index (χ2v) is 3.52. The predicted molar refractivity (Wildman–Crippen MR) is 50.3 cm³/mol. The van der Waals surface area contributed by atoms with Gasteiger partial charge in [0.25, 0.3) is 0 Å². The van der Waals surface area contributed by atoms with Gasteiger partial charge in [0.1, 0.15) is 6.61 Å². The third-order valence-corrected chi connectivity index (χ3v) is 2.54. The Morgan fingerprint density at radius 2 is 2.31 bits per heavy atom. The summed E-state index contributed by atoms with van der Waals surface area (Å²) < 4.78 is 5.00. The van der Waals surface area contributed by atoms with Crippen molar-refractivity contribution in [2.24, 2.45) is 5.73 Å². The number of nitrogens with two attached hydrogens (primary N) is 1. The minimum Gasteiger partial charge on any atom is -0.372 e. The molecule has 0 heterocycles. The Morgan fingerprint density at radius 1 is 1.62 bits per heavy atom. The van der Waals surface area contributed by atoms with E-state index in [-0.39, 0.29) is 18.1 Å². The maximum absolute atomic E-state index is 11.3. The molecule has 0 atom stereocenters. The summed E-state index contributed by atoms with van der Waals surface area (Å²) in [6.45, 7) is 3.13. The number of hydrogen-bond donors (Lipinski definition) is 2. The number of hydrogen-bond acceptors (Lipinski definition) is 3. The molecule has 1 aliphatic carbocycles. The Kier molecular flexibility index (Phi) is 3.69. The first-order valence-electron chi connectivity index (χ1n) is 4.81. The fraction of sp³-hybridized carbons (Fsp3) is 0.889. The van der Waals surface area contributed by atoms with E-state index in [1.807, 2.05) is 6.92 Å². The Bertz CT molecular complexity index is 173. The monoisotopic (exact) mass is 186 g/mol. The van der Waals surface area contributed by atoms with E-state index in [1.165, 1.54) is 0 Å². The molecule has 0 spiro atoms.